The number of carboxylic acids is 1. The number of nitrogens with one attached hydrogen (secondary N) is 1. The van der Waals surface area contributed by atoms with E-state index >= 15 is 0 Å². The van der Waals surface area contributed by atoms with Gasteiger partial charge in [0.05, 0.1) is 6.61 Å². The van der Waals surface area contributed by atoms with Gasteiger partial charge in [-0.25, -0.2) is 9.36 Å². The lowest BCUT2D eigenvalue weighted by Gasteiger charge is -2.49. The van der Waals surface area contributed by atoms with Gasteiger partial charge in [0.2, 0.25) is 11.5 Å². The molecule has 5 N–H and O–H groups in total. The number of amides is 2. The Bertz CT molecular complexity index is 1250. The number of nitrogen functional groups attached to an aromatic ring is 1. The highest BCUT2D eigenvalue weighted by Crippen LogP contribution is 2.40. The summed E-state index contributed by atoms with van der Waals surface area (Å²) in [5.74, 6) is -1.66. The Balaban J connectivity index is 1.49. The molecule has 0 saturated carbocycles. The van der Waals surface area contributed by atoms with Crippen molar-refractivity contribution in [3.63, 3.8) is 0 Å². The summed E-state index contributed by atoms with van der Waals surface area (Å²) in [6.45, 7) is 2.17. The highest BCUT2D eigenvalue weighted by atomic mass is 32.2. The number of aliphatic hydroxyl groups excluding tert-OH is 1. The van der Waals surface area contributed by atoms with Crippen LogP contribution in [-0.2, 0) is 25.8 Å². The van der Waals surface area contributed by atoms with Gasteiger partial charge in [0.1, 0.15) is 36.1 Å². The summed E-state index contributed by atoms with van der Waals surface area (Å²) in [6.07, 6.45) is 3.44. The highest BCUT2D eigenvalue weighted by molar-refractivity contribution is 8.00. The topological polar surface area (TPSA) is 193 Å². The number of nitrogens with zero attached hydrogens (tertiary/aromatic N) is 5. The molecule has 0 aromatic carbocycles. The van der Waals surface area contributed by atoms with E-state index in [1.54, 1.807) is 36.0 Å². The van der Waals surface area contributed by atoms with Crippen molar-refractivity contribution in [2.24, 2.45) is 5.16 Å². The molecule has 196 valence electrons. The predicted molar refractivity (Wildman–Crippen MR) is 131 cm³/mol. The summed E-state index contributed by atoms with van der Waals surface area (Å²) >= 11 is 2.22. The first-order valence-electron chi connectivity index (χ1n) is 11.1. The number of nitrogens with two attached hydrogens (primary N) is 1. The van der Waals surface area contributed by atoms with Crippen LogP contribution in [-0.4, -0.2) is 85.0 Å². The van der Waals surface area contributed by atoms with Crippen LogP contribution in [0.1, 0.15) is 12.7 Å². The van der Waals surface area contributed by atoms with Crippen molar-refractivity contribution in [2.45, 2.75) is 24.9 Å². The molecule has 37 heavy (non-hydrogen) atoms. The smallest absolute Gasteiger partial charge is 0.352 e. The molecule has 1 fully saturated rings. The second kappa shape index (κ2) is 11.5. The van der Waals surface area contributed by atoms with Crippen molar-refractivity contribution < 1.29 is 38.7 Å². The quantitative estimate of drug-likeness (QED) is 0.116. The van der Waals surface area contributed by atoms with Crippen molar-refractivity contribution in [1.29, 1.82) is 0 Å². The van der Waals surface area contributed by atoms with Crippen LogP contribution in [0.3, 0.4) is 0 Å². The minimum Gasteiger partial charge on any atom is -0.491 e. The molecule has 0 bridgehead atoms. The molecule has 2 aliphatic heterocycles. The fourth-order valence-corrected chi connectivity index (χ4v) is 5.46. The molecule has 1 saturated heterocycles. The second-order valence-corrected chi connectivity index (χ2v) is 9.60. The average Bonchev–Trinajstić information content (AvgIpc) is 3.32. The average molecular weight is 551 g/mol. The lowest BCUT2D eigenvalue weighted by atomic mass is 10.0. The molecule has 16 heteroatoms. The fourth-order valence-electron chi connectivity index (χ4n) is 3.69. The Labute approximate surface area is 218 Å². The van der Waals surface area contributed by atoms with Gasteiger partial charge in [-0.3, -0.25) is 14.5 Å². The first-order valence-corrected chi connectivity index (χ1v) is 12.9. The van der Waals surface area contributed by atoms with E-state index in [2.05, 4.69) is 19.8 Å². The summed E-state index contributed by atoms with van der Waals surface area (Å²) in [7, 11) is 0. The number of oxime groups is 1. The number of aliphatic hydroxyl groups is 1. The van der Waals surface area contributed by atoms with Crippen molar-refractivity contribution in [1.82, 2.24) is 19.6 Å². The van der Waals surface area contributed by atoms with E-state index in [1.165, 1.54) is 16.7 Å². The van der Waals surface area contributed by atoms with Gasteiger partial charge in [0.15, 0.2) is 24.1 Å². The third kappa shape index (κ3) is 5.65. The molecule has 1 unspecified atom stereocenters. The van der Waals surface area contributed by atoms with Crippen molar-refractivity contribution in [3.8, 4) is 5.75 Å². The maximum atomic E-state index is 13.0. The lowest BCUT2D eigenvalue weighted by molar-refractivity contribution is -0.689. The number of anilines is 1. The Hall–Kier alpha value is -3.76. The molecule has 2 atom stereocenters. The standard InChI is InChI=1S/C21H23N7O7S2/c1-2-35-25-13(16-24-21(22)37-26-16)17(30)23-14-18(31)28-15(20(32)33)11(10-36-19(14)28)9-27-5-3-12(4-6-27)34-8-7-29/h3-6,14,19,29H,2,7-10H2,1H3,(H3-,22,23,24,26,30,32,33)/p+1/t14?,19-/m0/s1. The van der Waals surface area contributed by atoms with Gasteiger partial charge in [0.25, 0.3) is 11.8 Å². The van der Waals surface area contributed by atoms with Crippen LogP contribution in [0, 0.1) is 0 Å². The fraction of sp³-hybridized carbons (Fsp3) is 0.381. The van der Waals surface area contributed by atoms with Crippen LogP contribution >= 0.6 is 23.3 Å². The van der Waals surface area contributed by atoms with Crippen molar-refractivity contribution in [2.75, 3.05) is 31.3 Å². The second-order valence-electron chi connectivity index (χ2n) is 7.71. The maximum Gasteiger partial charge on any atom is 0.352 e. The van der Waals surface area contributed by atoms with Crippen LogP contribution in [0.4, 0.5) is 5.13 Å². The van der Waals surface area contributed by atoms with Gasteiger partial charge in [-0.05, 0) is 6.92 Å². The van der Waals surface area contributed by atoms with E-state index < -0.39 is 29.2 Å². The molecule has 0 spiro atoms. The SMILES string of the molecule is CCON=C(C(=O)NC1C(=O)N2C(C(=O)O)=C(C[n+]3ccc(OCCO)cc3)CS[C@@H]12)c1nsc(N)n1. The van der Waals surface area contributed by atoms with Crippen molar-refractivity contribution in [3.05, 3.63) is 41.6 Å². The number of carbonyl (C=O) groups is 3. The molecular weight excluding hydrogens is 526 g/mol. The first kappa shape index (κ1) is 26.3. The van der Waals surface area contributed by atoms with Gasteiger partial charge < -0.3 is 30.8 Å². The Morgan fingerprint density at radius 3 is 2.76 bits per heavy atom. The largest absolute Gasteiger partial charge is 0.491 e. The normalized spacial score (nSPS) is 19.2. The Morgan fingerprint density at radius 1 is 1.38 bits per heavy atom. The van der Waals surface area contributed by atoms with Gasteiger partial charge in [0, 0.05) is 35.0 Å². The molecule has 14 nitrogen and oxygen atoms in total. The molecule has 4 heterocycles. The zero-order chi connectivity index (χ0) is 26.5. The Kier molecular flexibility index (Phi) is 8.20. The third-order valence-corrected chi connectivity index (χ3v) is 7.17. The van der Waals surface area contributed by atoms with E-state index in [9.17, 15) is 19.5 Å². The third-order valence-electron chi connectivity index (χ3n) is 5.28. The number of ether oxygens (including phenoxy) is 1. The molecule has 4 rings (SSSR count). The van der Waals surface area contributed by atoms with E-state index in [0.717, 1.165) is 11.5 Å². The number of carboxylic acid groups (broad SMARTS) is 1. The van der Waals surface area contributed by atoms with E-state index in [1.807, 2.05) is 0 Å². The number of pyridine rings is 1. The van der Waals surface area contributed by atoms with Crippen molar-refractivity contribution >= 4 is 51.9 Å². The summed E-state index contributed by atoms with van der Waals surface area (Å²) in [5.41, 5.74) is 5.81. The summed E-state index contributed by atoms with van der Waals surface area (Å²) < 4.78 is 11.1. The minimum absolute atomic E-state index is 0.0356. The predicted octanol–water partition coefficient (Wildman–Crippen LogP) is -1.04. The minimum atomic E-state index is -1.23. The summed E-state index contributed by atoms with van der Waals surface area (Å²) in [4.78, 5) is 48.2. The van der Waals surface area contributed by atoms with E-state index in [-0.39, 0.29) is 48.7 Å². The number of rotatable bonds is 11. The molecule has 2 aliphatic rings. The zero-order valence-electron chi connectivity index (χ0n) is 19.6. The summed E-state index contributed by atoms with van der Waals surface area (Å²) in [5, 5.41) is 24.7. The number of aromatic nitrogens is 3. The molecule has 0 aliphatic carbocycles. The van der Waals surface area contributed by atoms with Crippen LogP contribution in [0.15, 0.2) is 41.0 Å². The van der Waals surface area contributed by atoms with Crippen LogP contribution < -0.4 is 20.4 Å². The Morgan fingerprint density at radius 2 is 2.14 bits per heavy atom. The maximum absolute atomic E-state index is 13.0. The molecule has 2 amide bonds. The number of hydrogen-bond acceptors (Lipinski definition) is 12. The number of fused-ring (bicyclic) bond motifs is 1. The summed E-state index contributed by atoms with van der Waals surface area (Å²) in [6, 6.07) is 2.43. The highest BCUT2D eigenvalue weighted by Gasteiger charge is 2.54. The number of hydrogen-bond donors (Lipinski definition) is 4. The number of β-lactam (4-membered cyclic amide) rings is 1. The van der Waals surface area contributed by atoms with Gasteiger partial charge in [-0.2, -0.15) is 9.36 Å². The molecule has 0 radical (unpaired) electrons. The number of aliphatic carboxylic acids is 1. The van der Waals surface area contributed by atoms with Gasteiger partial charge >= 0.3 is 5.97 Å². The molecular formula is C21H24N7O7S2+. The van der Waals surface area contributed by atoms with Crippen LogP contribution in [0.5, 0.6) is 5.75 Å². The van der Waals surface area contributed by atoms with Gasteiger partial charge in [-0.1, -0.05) is 5.16 Å². The monoisotopic (exact) mass is 550 g/mol. The molecule has 2 aromatic heterocycles. The van der Waals surface area contributed by atoms with E-state index in [0.29, 0.717) is 17.1 Å². The van der Waals surface area contributed by atoms with E-state index in [4.69, 9.17) is 20.4 Å². The first-order chi connectivity index (χ1) is 17.8. The molecule has 2 aromatic rings. The van der Waals surface area contributed by atoms with Crippen LogP contribution in [0.2, 0.25) is 0 Å². The lowest BCUT2D eigenvalue weighted by Crippen LogP contribution is -2.71. The number of carbonyl (C=O) groups excluding carboxylic acids is 2. The number of thioether (sulfide) groups is 1. The van der Waals surface area contributed by atoms with Crippen LogP contribution in [0.25, 0.3) is 0 Å². The zero-order valence-corrected chi connectivity index (χ0v) is 21.2. The van der Waals surface area contributed by atoms with Gasteiger partial charge in [-0.15, -0.1) is 11.8 Å².